The van der Waals surface area contributed by atoms with Gasteiger partial charge in [0, 0.05) is 11.3 Å². The molecule has 0 saturated heterocycles. The third-order valence-electron chi connectivity index (χ3n) is 3.08. The zero-order valence-electron chi connectivity index (χ0n) is 13.9. The third kappa shape index (κ3) is 5.87. The highest BCUT2D eigenvalue weighted by Crippen LogP contribution is 2.23. The van der Waals surface area contributed by atoms with Gasteiger partial charge in [-0.05, 0) is 53.4 Å². The molecule has 1 aliphatic carbocycles. The van der Waals surface area contributed by atoms with Gasteiger partial charge in [-0.15, -0.1) is 0 Å². The van der Waals surface area contributed by atoms with Crippen molar-refractivity contribution in [3.8, 4) is 0 Å². The molecule has 1 saturated carbocycles. The standard InChI is InChI=1S/C16H26N2O4/c1-5-21-15(20)14(17)11-8-6-7-9-12(11)18-10-13(19)22-16(2,3)4/h5-10,17H2,1-4H3. The van der Waals surface area contributed by atoms with Gasteiger partial charge < -0.3 is 15.2 Å². The normalized spacial score (nSPS) is 19.7. The monoisotopic (exact) mass is 310 g/mol. The van der Waals surface area contributed by atoms with Crippen LogP contribution in [0.4, 0.5) is 0 Å². The van der Waals surface area contributed by atoms with Gasteiger partial charge in [-0.3, -0.25) is 9.79 Å². The predicted molar refractivity (Wildman–Crippen MR) is 84.5 cm³/mol. The van der Waals surface area contributed by atoms with Crippen molar-refractivity contribution in [3.05, 3.63) is 11.3 Å². The fourth-order valence-corrected chi connectivity index (χ4v) is 2.22. The second kappa shape index (κ2) is 7.96. The smallest absolute Gasteiger partial charge is 0.354 e. The summed E-state index contributed by atoms with van der Waals surface area (Å²) in [5, 5.41) is 0. The summed E-state index contributed by atoms with van der Waals surface area (Å²) in [7, 11) is 0. The molecule has 0 amide bonds. The number of nitrogens with zero attached hydrogens (tertiary/aromatic N) is 1. The van der Waals surface area contributed by atoms with Gasteiger partial charge in [-0.1, -0.05) is 0 Å². The number of hydrogen-bond acceptors (Lipinski definition) is 6. The van der Waals surface area contributed by atoms with Gasteiger partial charge in [0.25, 0.3) is 0 Å². The summed E-state index contributed by atoms with van der Waals surface area (Å²) in [4.78, 5) is 27.8. The Kier molecular flexibility index (Phi) is 6.59. The van der Waals surface area contributed by atoms with E-state index in [0.717, 1.165) is 12.8 Å². The van der Waals surface area contributed by atoms with E-state index >= 15 is 0 Å². The van der Waals surface area contributed by atoms with E-state index < -0.39 is 11.6 Å². The van der Waals surface area contributed by atoms with Crippen LogP contribution in [0.3, 0.4) is 0 Å². The lowest BCUT2D eigenvalue weighted by molar-refractivity contribution is -0.152. The van der Waals surface area contributed by atoms with Gasteiger partial charge in [0.2, 0.25) is 0 Å². The second-order valence-electron chi connectivity index (χ2n) is 6.17. The minimum atomic E-state index is -0.535. The summed E-state index contributed by atoms with van der Waals surface area (Å²) in [6.45, 7) is 7.37. The van der Waals surface area contributed by atoms with E-state index in [9.17, 15) is 9.59 Å². The van der Waals surface area contributed by atoms with Crippen LogP contribution < -0.4 is 5.73 Å². The van der Waals surface area contributed by atoms with Crippen LogP contribution >= 0.6 is 0 Å². The van der Waals surface area contributed by atoms with E-state index in [2.05, 4.69) is 4.99 Å². The van der Waals surface area contributed by atoms with Crippen molar-refractivity contribution >= 4 is 17.7 Å². The molecule has 6 nitrogen and oxygen atoms in total. The molecule has 0 unspecified atom stereocenters. The Morgan fingerprint density at radius 3 is 2.45 bits per heavy atom. The van der Waals surface area contributed by atoms with Crippen LogP contribution in [0, 0.1) is 0 Å². The van der Waals surface area contributed by atoms with Gasteiger partial charge in [-0.2, -0.15) is 0 Å². The van der Waals surface area contributed by atoms with Crippen molar-refractivity contribution in [1.29, 1.82) is 0 Å². The predicted octanol–water partition coefficient (Wildman–Crippen LogP) is 2.12. The maximum atomic E-state index is 11.8. The zero-order valence-corrected chi connectivity index (χ0v) is 13.9. The van der Waals surface area contributed by atoms with Crippen molar-refractivity contribution in [1.82, 2.24) is 0 Å². The van der Waals surface area contributed by atoms with E-state index in [1.165, 1.54) is 0 Å². The Morgan fingerprint density at radius 2 is 1.86 bits per heavy atom. The summed E-state index contributed by atoms with van der Waals surface area (Å²) in [6.07, 6.45) is 3.30. The van der Waals surface area contributed by atoms with Crippen LogP contribution in [0.25, 0.3) is 0 Å². The Balaban J connectivity index is 2.85. The Bertz CT molecular complexity index is 487. The lowest BCUT2D eigenvalue weighted by atomic mass is 9.91. The molecule has 1 rings (SSSR count). The van der Waals surface area contributed by atoms with Crippen LogP contribution in [0.1, 0.15) is 53.4 Å². The average molecular weight is 310 g/mol. The molecule has 0 aromatic carbocycles. The summed E-state index contributed by atoms with van der Waals surface area (Å²) < 4.78 is 10.2. The molecule has 0 atom stereocenters. The van der Waals surface area contributed by atoms with E-state index in [0.29, 0.717) is 24.1 Å². The molecule has 0 bridgehead atoms. The maximum absolute atomic E-state index is 11.8. The summed E-state index contributed by atoms with van der Waals surface area (Å²) >= 11 is 0. The molecular formula is C16H26N2O4. The van der Waals surface area contributed by atoms with Gasteiger partial charge in [0.05, 0.1) is 6.61 Å². The van der Waals surface area contributed by atoms with Gasteiger partial charge in [0.1, 0.15) is 17.8 Å². The highest BCUT2D eigenvalue weighted by atomic mass is 16.6. The molecule has 1 aliphatic rings. The largest absolute Gasteiger partial charge is 0.461 e. The number of carbonyl (C=O) groups excluding carboxylic acids is 2. The molecule has 0 spiro atoms. The lowest BCUT2D eigenvalue weighted by Crippen LogP contribution is -2.26. The molecule has 6 heteroatoms. The third-order valence-corrected chi connectivity index (χ3v) is 3.08. The molecule has 2 N–H and O–H groups in total. The van der Waals surface area contributed by atoms with Crippen LogP contribution in [0.15, 0.2) is 16.3 Å². The van der Waals surface area contributed by atoms with E-state index in [1.54, 1.807) is 6.92 Å². The average Bonchev–Trinajstić information content (AvgIpc) is 2.43. The highest BCUT2D eigenvalue weighted by molar-refractivity contribution is 6.07. The first-order valence-corrected chi connectivity index (χ1v) is 7.66. The van der Waals surface area contributed by atoms with E-state index in [1.807, 2.05) is 20.8 Å². The first kappa shape index (κ1) is 18.2. The van der Waals surface area contributed by atoms with Crippen LogP contribution in [-0.4, -0.2) is 36.4 Å². The van der Waals surface area contributed by atoms with Crippen LogP contribution in [-0.2, 0) is 19.1 Å². The maximum Gasteiger partial charge on any atom is 0.354 e. The number of ether oxygens (including phenoxy) is 2. The minimum absolute atomic E-state index is 0.0633. The number of allylic oxidation sites excluding steroid dienone is 1. The van der Waals surface area contributed by atoms with E-state index in [-0.39, 0.29) is 24.8 Å². The SMILES string of the molecule is CCOC(=O)C(N)=C1CCCCC1=NCC(=O)OC(C)(C)C. The molecule has 22 heavy (non-hydrogen) atoms. The number of nitrogens with two attached hydrogens (primary N) is 1. The molecule has 0 aromatic rings. The second-order valence-corrected chi connectivity index (χ2v) is 6.17. The van der Waals surface area contributed by atoms with Crippen LogP contribution in [0.2, 0.25) is 0 Å². The topological polar surface area (TPSA) is 91.0 Å². The molecule has 0 aromatic heterocycles. The molecular weight excluding hydrogens is 284 g/mol. The zero-order chi connectivity index (χ0) is 16.8. The van der Waals surface area contributed by atoms with Gasteiger partial charge >= 0.3 is 11.9 Å². The first-order chi connectivity index (χ1) is 10.2. The fraction of sp³-hybridized carbons (Fsp3) is 0.688. The fourth-order valence-electron chi connectivity index (χ4n) is 2.22. The van der Waals surface area contributed by atoms with Crippen molar-refractivity contribution < 1.29 is 19.1 Å². The Morgan fingerprint density at radius 1 is 1.23 bits per heavy atom. The molecule has 1 fully saturated rings. The lowest BCUT2D eigenvalue weighted by Gasteiger charge is -2.20. The first-order valence-electron chi connectivity index (χ1n) is 7.66. The summed E-state index contributed by atoms with van der Waals surface area (Å²) in [5.41, 5.74) is 6.86. The molecule has 0 radical (unpaired) electrons. The number of aliphatic imine (C=N–C) groups is 1. The van der Waals surface area contributed by atoms with Crippen molar-refractivity contribution in [3.63, 3.8) is 0 Å². The summed E-state index contributed by atoms with van der Waals surface area (Å²) in [6, 6.07) is 0. The number of carbonyl (C=O) groups is 2. The van der Waals surface area contributed by atoms with E-state index in [4.69, 9.17) is 15.2 Å². The van der Waals surface area contributed by atoms with Crippen LogP contribution in [0.5, 0.6) is 0 Å². The Labute approximate surface area is 131 Å². The number of hydrogen-bond donors (Lipinski definition) is 1. The van der Waals surface area contributed by atoms with Crippen molar-refractivity contribution in [2.24, 2.45) is 10.7 Å². The van der Waals surface area contributed by atoms with Crippen molar-refractivity contribution in [2.45, 2.75) is 59.0 Å². The number of rotatable bonds is 4. The van der Waals surface area contributed by atoms with Gasteiger partial charge in [-0.25, -0.2) is 4.79 Å². The Hall–Kier alpha value is -1.85. The molecule has 0 aliphatic heterocycles. The quantitative estimate of drug-likeness (QED) is 0.634. The van der Waals surface area contributed by atoms with Crippen molar-refractivity contribution in [2.75, 3.05) is 13.2 Å². The molecule has 124 valence electrons. The molecule has 0 heterocycles. The minimum Gasteiger partial charge on any atom is -0.461 e. The number of esters is 2. The van der Waals surface area contributed by atoms with Gasteiger partial charge in [0.15, 0.2) is 0 Å². The highest BCUT2D eigenvalue weighted by Gasteiger charge is 2.22. The summed E-state index contributed by atoms with van der Waals surface area (Å²) in [5.74, 6) is -0.913.